The molecule has 10 nitrogen and oxygen atoms in total. The van der Waals surface area contributed by atoms with Crippen LogP contribution in [0.1, 0.15) is 37.8 Å². The number of ether oxygens (including phenoxy) is 4. The van der Waals surface area contributed by atoms with Crippen molar-refractivity contribution in [1.82, 2.24) is 10.2 Å². The first-order chi connectivity index (χ1) is 16.4. The highest BCUT2D eigenvalue weighted by Crippen LogP contribution is 2.38. The van der Waals surface area contributed by atoms with Crippen molar-refractivity contribution in [2.45, 2.75) is 78.9 Å². The van der Waals surface area contributed by atoms with Gasteiger partial charge in [-0.15, -0.1) is 0 Å². The maximum atomic E-state index is 12.3. The maximum absolute atomic E-state index is 12.3. The van der Waals surface area contributed by atoms with Crippen LogP contribution < -0.4 is 5.32 Å². The van der Waals surface area contributed by atoms with Crippen molar-refractivity contribution in [1.29, 1.82) is 0 Å². The first-order valence-corrected chi connectivity index (χ1v) is 12.9. The summed E-state index contributed by atoms with van der Waals surface area (Å²) in [5.74, 6) is 0. The van der Waals surface area contributed by atoms with Crippen molar-refractivity contribution >= 4 is 28.7 Å². The Labute approximate surface area is 213 Å². The van der Waals surface area contributed by atoms with Gasteiger partial charge in [0.05, 0.1) is 22.2 Å². The summed E-state index contributed by atoms with van der Waals surface area (Å²) in [7, 11) is 3.28. The number of amides is 1. The Morgan fingerprint density at radius 3 is 2.82 bits per heavy atom. The summed E-state index contributed by atoms with van der Waals surface area (Å²) in [6, 6.07) is 9.66. The third kappa shape index (κ3) is 5.44. The summed E-state index contributed by atoms with van der Waals surface area (Å²) >= 11 is 2.35. The molecule has 0 bridgehead atoms. The number of azide groups is 1. The lowest BCUT2D eigenvalue weighted by atomic mass is 9.83. The van der Waals surface area contributed by atoms with E-state index in [-0.39, 0.29) is 28.2 Å². The second-order valence-electron chi connectivity index (χ2n) is 9.09. The molecule has 1 aliphatic carbocycles. The molecular weight excluding hydrogens is 553 g/mol. The van der Waals surface area contributed by atoms with Gasteiger partial charge in [-0.1, -0.05) is 58.0 Å². The summed E-state index contributed by atoms with van der Waals surface area (Å²) < 4.78 is 24.2. The molecule has 2 heterocycles. The Morgan fingerprint density at radius 1 is 1.35 bits per heavy atom. The normalized spacial score (nSPS) is 36.4. The highest BCUT2D eigenvalue weighted by Gasteiger charge is 2.56. The zero-order valence-corrected chi connectivity index (χ0v) is 21.8. The van der Waals surface area contributed by atoms with Crippen LogP contribution in [-0.4, -0.2) is 78.4 Å². The molecule has 0 spiro atoms. The van der Waals surface area contributed by atoms with E-state index >= 15 is 0 Å². The third-order valence-electron chi connectivity index (χ3n) is 7.00. The number of carbonyl (C=O) groups is 1. The van der Waals surface area contributed by atoms with E-state index < -0.39 is 30.6 Å². The predicted octanol–water partition coefficient (Wildman–Crippen LogP) is 3.95. The fourth-order valence-electron chi connectivity index (χ4n) is 5.06. The summed E-state index contributed by atoms with van der Waals surface area (Å²) in [5.41, 5.74) is 10.4. The average molecular weight is 585 g/mol. The SMILES string of the molecule is CO[C@H]1C[C@H](N=[N+]=[N-])[C@@H](O[C@H]2O[C@H](CN[C@H](C)c3ccccc3)CC[C@@H]2I)[C@@H]2OC(=O)N(C)[C@@H]21. The molecule has 1 N–H and O–H groups in total. The van der Waals surface area contributed by atoms with Gasteiger partial charge in [0.15, 0.2) is 12.4 Å². The zero-order chi connectivity index (χ0) is 24.2. The van der Waals surface area contributed by atoms with E-state index in [2.05, 4.69) is 57.0 Å². The van der Waals surface area contributed by atoms with Crippen LogP contribution in [0.2, 0.25) is 0 Å². The standard InChI is InChI=1S/C23H32IN5O5/c1-13(14-7-5-4-6-8-14)26-12-15-9-10-16(24)22(32-15)33-20-17(27-28-25)11-18(31-3)19-21(20)34-23(30)29(19)2/h4-8,13,15-22,26H,9-12H2,1-3H3/t13-,15+,16+,17+,18+,19-,20-,21-,22-/m1/s1. The second-order valence-corrected chi connectivity index (χ2v) is 10.7. The van der Waals surface area contributed by atoms with Crippen molar-refractivity contribution in [3.05, 3.63) is 46.3 Å². The largest absolute Gasteiger partial charge is 0.441 e. The van der Waals surface area contributed by atoms with Gasteiger partial charge < -0.3 is 29.2 Å². The van der Waals surface area contributed by atoms with Crippen molar-refractivity contribution < 1.29 is 23.7 Å². The number of fused-ring (bicyclic) bond motifs is 1. The van der Waals surface area contributed by atoms with Crippen LogP contribution in [0.3, 0.4) is 0 Å². The fraction of sp³-hybridized carbons (Fsp3) is 0.696. The van der Waals surface area contributed by atoms with E-state index in [4.69, 9.17) is 24.5 Å². The summed E-state index contributed by atoms with van der Waals surface area (Å²) in [4.78, 5) is 16.9. The molecular formula is C23H32IN5O5. The van der Waals surface area contributed by atoms with E-state index in [9.17, 15) is 4.79 Å². The van der Waals surface area contributed by atoms with Gasteiger partial charge in [0, 0.05) is 31.7 Å². The van der Waals surface area contributed by atoms with Gasteiger partial charge in [-0.25, -0.2) is 4.79 Å². The number of benzene rings is 1. The highest BCUT2D eigenvalue weighted by molar-refractivity contribution is 14.1. The molecule has 186 valence electrons. The smallest absolute Gasteiger partial charge is 0.410 e. The number of methoxy groups -OCH3 is 1. The zero-order valence-electron chi connectivity index (χ0n) is 19.6. The average Bonchev–Trinajstić information content (AvgIpc) is 3.15. The van der Waals surface area contributed by atoms with E-state index in [1.807, 2.05) is 18.2 Å². The first kappa shape index (κ1) is 25.5. The molecule has 9 atom stereocenters. The van der Waals surface area contributed by atoms with Gasteiger partial charge in [0.1, 0.15) is 12.1 Å². The Kier molecular flexibility index (Phi) is 8.54. The number of alkyl halides is 1. The van der Waals surface area contributed by atoms with Crippen LogP contribution in [0.25, 0.3) is 10.4 Å². The van der Waals surface area contributed by atoms with Crippen LogP contribution in [0.5, 0.6) is 0 Å². The number of hydrogen-bond acceptors (Lipinski definition) is 7. The molecule has 2 aliphatic heterocycles. The van der Waals surface area contributed by atoms with Crippen LogP contribution in [0, 0.1) is 0 Å². The molecule has 1 aromatic rings. The Morgan fingerprint density at radius 2 is 2.12 bits per heavy atom. The molecule has 0 aromatic heterocycles. The Balaban J connectivity index is 1.43. The van der Waals surface area contributed by atoms with Gasteiger partial charge >= 0.3 is 6.09 Å². The number of hydrogen-bond donors (Lipinski definition) is 1. The molecule has 2 saturated heterocycles. The van der Waals surface area contributed by atoms with Gasteiger partial charge in [-0.05, 0) is 37.3 Å². The lowest BCUT2D eigenvalue weighted by molar-refractivity contribution is -0.235. The van der Waals surface area contributed by atoms with Crippen molar-refractivity contribution in [3.63, 3.8) is 0 Å². The number of nitrogens with one attached hydrogen (secondary N) is 1. The second kappa shape index (κ2) is 11.4. The quantitative estimate of drug-likeness (QED) is 0.162. The monoisotopic (exact) mass is 585 g/mol. The molecule has 11 heteroatoms. The summed E-state index contributed by atoms with van der Waals surface area (Å²) in [6.45, 7) is 2.83. The van der Waals surface area contributed by atoms with Crippen molar-refractivity contribution in [2.75, 3.05) is 20.7 Å². The minimum absolute atomic E-state index is 0.0139. The lowest BCUT2D eigenvalue weighted by Crippen LogP contribution is -2.60. The van der Waals surface area contributed by atoms with E-state index in [1.165, 1.54) is 5.56 Å². The predicted molar refractivity (Wildman–Crippen MR) is 134 cm³/mol. The van der Waals surface area contributed by atoms with Crippen molar-refractivity contribution in [3.8, 4) is 0 Å². The number of rotatable bonds is 8. The summed E-state index contributed by atoms with van der Waals surface area (Å²) in [6.07, 6.45) is -0.179. The van der Waals surface area contributed by atoms with Gasteiger partial charge in [-0.2, -0.15) is 0 Å². The highest BCUT2D eigenvalue weighted by atomic mass is 127. The minimum Gasteiger partial charge on any atom is -0.441 e. The molecule has 3 aliphatic rings. The topological polar surface area (TPSA) is 118 Å². The van der Waals surface area contributed by atoms with Gasteiger partial charge in [0.25, 0.3) is 0 Å². The Hall–Kier alpha value is -1.63. The molecule has 1 saturated carbocycles. The van der Waals surface area contributed by atoms with Crippen LogP contribution >= 0.6 is 22.6 Å². The molecule has 1 aromatic carbocycles. The lowest BCUT2D eigenvalue weighted by Gasteiger charge is -2.44. The van der Waals surface area contributed by atoms with E-state index in [1.54, 1.807) is 19.1 Å². The molecule has 0 radical (unpaired) electrons. The van der Waals surface area contributed by atoms with Crippen molar-refractivity contribution in [2.24, 2.45) is 5.11 Å². The molecule has 1 amide bonds. The first-order valence-electron chi connectivity index (χ1n) is 11.7. The van der Waals surface area contributed by atoms with Gasteiger partial charge in [-0.3, -0.25) is 0 Å². The number of halogens is 1. The van der Waals surface area contributed by atoms with E-state index in [0.717, 1.165) is 12.8 Å². The maximum Gasteiger partial charge on any atom is 0.410 e. The van der Waals surface area contributed by atoms with Crippen LogP contribution in [0.15, 0.2) is 35.4 Å². The third-order valence-corrected chi connectivity index (χ3v) is 8.21. The molecule has 0 unspecified atom stereocenters. The fourth-order valence-corrected chi connectivity index (χ4v) is 5.76. The van der Waals surface area contributed by atoms with E-state index in [0.29, 0.717) is 13.0 Å². The number of likely N-dealkylation sites (N-methyl/N-ethyl adjacent to an activating group) is 1. The minimum atomic E-state index is -0.613. The molecule has 4 rings (SSSR count). The van der Waals surface area contributed by atoms with Crippen LogP contribution in [-0.2, 0) is 18.9 Å². The Bertz CT molecular complexity index is 888. The number of nitrogens with zero attached hydrogens (tertiary/aromatic N) is 4. The van der Waals surface area contributed by atoms with Crippen LogP contribution in [0.4, 0.5) is 4.79 Å². The number of carbonyl (C=O) groups excluding carboxylic acids is 1. The summed E-state index contributed by atoms with van der Waals surface area (Å²) in [5, 5.41) is 7.53. The van der Waals surface area contributed by atoms with Gasteiger partial charge in [0.2, 0.25) is 0 Å². The molecule has 3 fully saturated rings. The molecule has 34 heavy (non-hydrogen) atoms.